The smallest absolute Gasteiger partial charge is 0.281 e. The number of aromatic nitrogens is 4. The van der Waals surface area contributed by atoms with E-state index in [1.165, 1.54) is 41.9 Å². The zero-order valence-corrected chi connectivity index (χ0v) is 16.9. The summed E-state index contributed by atoms with van der Waals surface area (Å²) < 4.78 is 19.5. The third kappa shape index (κ3) is 3.91. The predicted octanol–water partition coefficient (Wildman–Crippen LogP) is 3.13. The number of amides is 1. The van der Waals surface area contributed by atoms with Crippen LogP contribution in [0.5, 0.6) is 0 Å². The highest BCUT2D eigenvalue weighted by Crippen LogP contribution is 2.25. The van der Waals surface area contributed by atoms with Gasteiger partial charge in [-0.1, -0.05) is 11.8 Å². The molecular formula is C18H14FN5O3S2. The number of halogens is 1. The largest absolute Gasteiger partial charge is 0.411 e. The average Bonchev–Trinajstić information content (AvgIpc) is 3.28. The molecule has 0 aliphatic rings. The Morgan fingerprint density at radius 2 is 2.03 bits per heavy atom. The number of benzene rings is 1. The third-order valence-corrected chi connectivity index (χ3v) is 6.09. The SMILES string of the molecule is Cc1sc2ncn(NC(=O)CSc3nnc(-c4ccc(F)cc4)o3)c(=O)c2c1C. The van der Waals surface area contributed by atoms with Crippen LogP contribution in [0.25, 0.3) is 21.7 Å². The molecule has 29 heavy (non-hydrogen) atoms. The summed E-state index contributed by atoms with van der Waals surface area (Å²) >= 11 is 2.46. The number of carbonyl (C=O) groups excluding carboxylic acids is 1. The van der Waals surface area contributed by atoms with E-state index in [0.717, 1.165) is 26.9 Å². The van der Waals surface area contributed by atoms with E-state index in [9.17, 15) is 14.0 Å². The Bertz CT molecular complexity index is 1260. The quantitative estimate of drug-likeness (QED) is 0.484. The highest BCUT2D eigenvalue weighted by atomic mass is 32.2. The number of aryl methyl sites for hydroxylation is 2. The van der Waals surface area contributed by atoms with Gasteiger partial charge in [0.2, 0.25) is 11.8 Å². The Morgan fingerprint density at radius 1 is 1.28 bits per heavy atom. The summed E-state index contributed by atoms with van der Waals surface area (Å²) in [5, 5.41) is 8.43. The molecule has 0 aliphatic carbocycles. The molecule has 1 aromatic carbocycles. The number of nitrogens with one attached hydrogen (secondary N) is 1. The number of thiophene rings is 1. The van der Waals surface area contributed by atoms with Crippen molar-refractivity contribution in [3.63, 3.8) is 0 Å². The van der Waals surface area contributed by atoms with E-state index < -0.39 is 5.91 Å². The fraction of sp³-hybridized carbons (Fsp3) is 0.167. The Balaban J connectivity index is 1.43. The molecule has 4 aromatic rings. The van der Waals surface area contributed by atoms with Crippen LogP contribution in [0.4, 0.5) is 4.39 Å². The Labute approximate surface area is 171 Å². The van der Waals surface area contributed by atoms with Gasteiger partial charge in [-0.3, -0.25) is 15.0 Å². The standard InChI is InChI=1S/C18H14FN5O3S2/c1-9-10(2)29-16-14(9)17(26)24(8-20-16)23-13(25)7-28-18-22-21-15(27-18)11-3-5-12(19)6-4-11/h3-6,8H,7H2,1-2H3,(H,23,25). The van der Waals surface area contributed by atoms with Gasteiger partial charge < -0.3 is 4.42 Å². The van der Waals surface area contributed by atoms with Gasteiger partial charge in [-0.2, -0.15) is 0 Å². The molecule has 0 atom stereocenters. The molecule has 3 aromatic heterocycles. The molecule has 0 radical (unpaired) electrons. The molecule has 0 bridgehead atoms. The first-order chi connectivity index (χ1) is 13.9. The van der Waals surface area contributed by atoms with Gasteiger partial charge in [0.05, 0.1) is 11.1 Å². The van der Waals surface area contributed by atoms with Gasteiger partial charge in [0.1, 0.15) is 17.0 Å². The Morgan fingerprint density at radius 3 is 2.79 bits per heavy atom. The monoisotopic (exact) mass is 431 g/mol. The van der Waals surface area contributed by atoms with E-state index in [1.807, 2.05) is 13.8 Å². The fourth-order valence-corrected chi connectivity index (χ4v) is 4.13. The molecule has 1 amide bonds. The molecule has 0 saturated heterocycles. The third-order valence-electron chi connectivity index (χ3n) is 4.16. The van der Waals surface area contributed by atoms with Crippen LogP contribution in [0.2, 0.25) is 0 Å². The molecule has 8 nitrogen and oxygen atoms in total. The molecule has 148 valence electrons. The minimum absolute atomic E-state index is 0.0445. The zero-order valence-electron chi connectivity index (χ0n) is 15.3. The molecule has 1 N–H and O–H groups in total. The van der Waals surface area contributed by atoms with Crippen molar-refractivity contribution in [3.8, 4) is 11.5 Å². The number of nitrogens with zero attached hydrogens (tertiary/aromatic N) is 4. The lowest BCUT2D eigenvalue weighted by Crippen LogP contribution is -2.34. The minimum atomic E-state index is -0.426. The first kappa shape index (κ1) is 19.3. The number of thioether (sulfide) groups is 1. The molecule has 0 unspecified atom stereocenters. The van der Waals surface area contributed by atoms with Crippen molar-refractivity contribution in [2.45, 2.75) is 19.1 Å². The molecule has 0 spiro atoms. The second kappa shape index (κ2) is 7.76. The molecule has 0 saturated carbocycles. The predicted molar refractivity (Wildman–Crippen MR) is 108 cm³/mol. The number of hydrogen-bond donors (Lipinski definition) is 1. The van der Waals surface area contributed by atoms with E-state index in [2.05, 4.69) is 20.6 Å². The van der Waals surface area contributed by atoms with Crippen molar-refractivity contribution in [1.29, 1.82) is 0 Å². The molecule has 3 heterocycles. The molecular weight excluding hydrogens is 417 g/mol. The topological polar surface area (TPSA) is 103 Å². The van der Waals surface area contributed by atoms with Gasteiger partial charge in [-0.05, 0) is 43.7 Å². The van der Waals surface area contributed by atoms with Crippen molar-refractivity contribution < 1.29 is 13.6 Å². The Hall–Kier alpha value is -3.05. The lowest BCUT2D eigenvalue weighted by molar-refractivity contribution is -0.114. The van der Waals surface area contributed by atoms with Crippen molar-refractivity contribution in [1.82, 2.24) is 19.9 Å². The van der Waals surface area contributed by atoms with Gasteiger partial charge >= 0.3 is 0 Å². The van der Waals surface area contributed by atoms with Crippen molar-refractivity contribution in [2.24, 2.45) is 0 Å². The molecule has 0 aliphatic heterocycles. The van der Waals surface area contributed by atoms with E-state index in [4.69, 9.17) is 4.42 Å². The van der Waals surface area contributed by atoms with Gasteiger partial charge in [-0.15, -0.1) is 21.5 Å². The van der Waals surface area contributed by atoms with E-state index >= 15 is 0 Å². The number of hydrogen-bond acceptors (Lipinski definition) is 8. The van der Waals surface area contributed by atoms with Gasteiger partial charge in [0.25, 0.3) is 10.8 Å². The summed E-state index contributed by atoms with van der Waals surface area (Å²) in [5.74, 6) is -0.612. The normalized spacial score (nSPS) is 11.1. The van der Waals surface area contributed by atoms with Crippen LogP contribution < -0.4 is 11.0 Å². The van der Waals surface area contributed by atoms with E-state index in [-0.39, 0.29) is 28.2 Å². The summed E-state index contributed by atoms with van der Waals surface area (Å²) in [4.78, 5) is 30.7. The van der Waals surface area contributed by atoms with Crippen LogP contribution in [-0.4, -0.2) is 31.5 Å². The van der Waals surface area contributed by atoms with Crippen LogP contribution >= 0.6 is 23.1 Å². The molecule has 4 rings (SSSR count). The van der Waals surface area contributed by atoms with Crippen LogP contribution in [0.3, 0.4) is 0 Å². The maximum Gasteiger partial charge on any atom is 0.281 e. The number of rotatable bonds is 5. The van der Waals surface area contributed by atoms with Crippen molar-refractivity contribution in [2.75, 3.05) is 11.2 Å². The van der Waals surface area contributed by atoms with Crippen molar-refractivity contribution >= 4 is 39.2 Å². The summed E-state index contributed by atoms with van der Waals surface area (Å²) in [7, 11) is 0. The second-order valence-corrected chi connectivity index (χ2v) is 8.22. The highest BCUT2D eigenvalue weighted by molar-refractivity contribution is 7.99. The highest BCUT2D eigenvalue weighted by Gasteiger charge is 2.15. The first-order valence-electron chi connectivity index (χ1n) is 8.42. The van der Waals surface area contributed by atoms with E-state index in [1.54, 1.807) is 0 Å². The average molecular weight is 431 g/mol. The summed E-state index contributed by atoms with van der Waals surface area (Å²) in [5.41, 5.74) is 3.61. The first-order valence-corrected chi connectivity index (χ1v) is 10.2. The number of fused-ring (bicyclic) bond motifs is 1. The van der Waals surface area contributed by atoms with E-state index in [0.29, 0.717) is 15.8 Å². The summed E-state index contributed by atoms with van der Waals surface area (Å²) in [6.07, 6.45) is 1.29. The van der Waals surface area contributed by atoms with Gasteiger partial charge in [-0.25, -0.2) is 14.1 Å². The maximum atomic E-state index is 13.0. The zero-order chi connectivity index (χ0) is 20.5. The summed E-state index contributed by atoms with van der Waals surface area (Å²) in [6, 6.07) is 5.62. The lowest BCUT2D eigenvalue weighted by atomic mass is 10.2. The summed E-state index contributed by atoms with van der Waals surface area (Å²) in [6.45, 7) is 3.78. The van der Waals surface area contributed by atoms with Crippen LogP contribution in [0, 0.1) is 19.7 Å². The van der Waals surface area contributed by atoms with Gasteiger partial charge in [0, 0.05) is 10.4 Å². The minimum Gasteiger partial charge on any atom is -0.411 e. The van der Waals surface area contributed by atoms with Crippen LogP contribution in [0.1, 0.15) is 10.4 Å². The van der Waals surface area contributed by atoms with Crippen molar-refractivity contribution in [3.05, 3.63) is 57.2 Å². The van der Waals surface area contributed by atoms with Crippen LogP contribution in [0.15, 0.2) is 45.0 Å². The maximum absolute atomic E-state index is 13.0. The van der Waals surface area contributed by atoms with Gasteiger partial charge in [0.15, 0.2) is 0 Å². The number of carbonyl (C=O) groups is 1. The second-order valence-electron chi connectivity index (χ2n) is 6.09. The van der Waals surface area contributed by atoms with Crippen LogP contribution in [-0.2, 0) is 4.79 Å². The lowest BCUT2D eigenvalue weighted by Gasteiger charge is -2.06. The Kier molecular flexibility index (Phi) is 5.16. The molecule has 11 heteroatoms. The fourth-order valence-electron chi connectivity index (χ4n) is 2.59. The molecule has 0 fully saturated rings.